The Labute approximate surface area is 125 Å². The van der Waals surface area contributed by atoms with E-state index in [9.17, 15) is 9.59 Å². The van der Waals surface area contributed by atoms with Crippen LogP contribution in [0.25, 0.3) is 0 Å². The molecule has 1 aromatic rings. The molecule has 1 aliphatic rings. The molecule has 0 amide bonds. The van der Waals surface area contributed by atoms with E-state index in [4.69, 9.17) is 9.47 Å². The summed E-state index contributed by atoms with van der Waals surface area (Å²) in [5, 5.41) is 0. The van der Waals surface area contributed by atoms with Crippen molar-refractivity contribution in [3.05, 3.63) is 35.4 Å². The van der Waals surface area contributed by atoms with Crippen LogP contribution in [0.2, 0.25) is 0 Å². The van der Waals surface area contributed by atoms with Crippen LogP contribution in [0.1, 0.15) is 54.4 Å². The summed E-state index contributed by atoms with van der Waals surface area (Å²) in [6.07, 6.45) is 4.73. The Hall–Kier alpha value is -1.68. The molecule has 0 heterocycles. The number of benzene rings is 1. The van der Waals surface area contributed by atoms with E-state index in [1.54, 1.807) is 26.2 Å². The summed E-state index contributed by atoms with van der Waals surface area (Å²) in [7, 11) is 1.76. The second-order valence-corrected chi connectivity index (χ2v) is 5.38. The van der Waals surface area contributed by atoms with Crippen LogP contribution in [0.15, 0.2) is 24.3 Å². The second kappa shape index (κ2) is 7.36. The summed E-state index contributed by atoms with van der Waals surface area (Å²) in [4.78, 5) is 23.2. The zero-order chi connectivity index (χ0) is 15.2. The number of carbonyl (C=O) groups excluding carboxylic acids is 2. The Morgan fingerprint density at radius 1 is 1.10 bits per heavy atom. The van der Waals surface area contributed by atoms with Crippen molar-refractivity contribution in [1.82, 2.24) is 0 Å². The monoisotopic (exact) mass is 290 g/mol. The van der Waals surface area contributed by atoms with Gasteiger partial charge in [0, 0.05) is 12.7 Å². The number of hydrogen-bond donors (Lipinski definition) is 0. The first-order valence-corrected chi connectivity index (χ1v) is 7.50. The van der Waals surface area contributed by atoms with Gasteiger partial charge in [0.25, 0.3) is 5.78 Å². The van der Waals surface area contributed by atoms with Gasteiger partial charge in [-0.05, 0) is 44.1 Å². The lowest BCUT2D eigenvalue weighted by Gasteiger charge is -2.27. The van der Waals surface area contributed by atoms with Gasteiger partial charge < -0.3 is 9.47 Å². The third kappa shape index (κ3) is 3.91. The molecule has 114 valence electrons. The summed E-state index contributed by atoms with van der Waals surface area (Å²) in [6, 6.07) is 7.34. The molecule has 1 aromatic carbocycles. The van der Waals surface area contributed by atoms with E-state index < -0.39 is 11.8 Å². The number of methoxy groups -OCH3 is 1. The van der Waals surface area contributed by atoms with Crippen molar-refractivity contribution in [3.63, 3.8) is 0 Å². The standard InChI is InChI=1S/C17H22O4/c1-3-21-17(19)16(18)14-6-4-12(5-7-14)13-8-10-15(20-2)11-9-13/h4-7,13,15H,3,8-11H2,1-2H3. The molecule has 0 aliphatic heterocycles. The van der Waals surface area contributed by atoms with Crippen LogP contribution in [0, 0.1) is 0 Å². The first-order chi connectivity index (χ1) is 10.2. The van der Waals surface area contributed by atoms with Crippen LogP contribution < -0.4 is 0 Å². The average Bonchev–Trinajstić information content (AvgIpc) is 2.54. The Bertz CT molecular complexity index is 484. The fraction of sp³-hybridized carbons (Fsp3) is 0.529. The quantitative estimate of drug-likeness (QED) is 0.475. The minimum atomic E-state index is -0.786. The molecule has 0 spiro atoms. The smallest absolute Gasteiger partial charge is 0.379 e. The van der Waals surface area contributed by atoms with Crippen molar-refractivity contribution >= 4 is 11.8 Å². The van der Waals surface area contributed by atoms with Crippen molar-refractivity contribution < 1.29 is 19.1 Å². The van der Waals surface area contributed by atoms with E-state index in [2.05, 4.69) is 0 Å². The van der Waals surface area contributed by atoms with Crippen molar-refractivity contribution in [2.24, 2.45) is 0 Å². The van der Waals surface area contributed by atoms with Crippen LogP contribution in [0.4, 0.5) is 0 Å². The molecular formula is C17H22O4. The van der Waals surface area contributed by atoms with E-state index in [1.807, 2.05) is 12.1 Å². The molecule has 0 unspecified atom stereocenters. The van der Waals surface area contributed by atoms with Gasteiger partial charge in [0.2, 0.25) is 0 Å². The molecule has 1 saturated carbocycles. The predicted octanol–water partition coefficient (Wildman–Crippen LogP) is 3.11. The van der Waals surface area contributed by atoms with Gasteiger partial charge in [0.05, 0.1) is 12.7 Å². The lowest BCUT2D eigenvalue weighted by molar-refractivity contribution is -0.137. The van der Waals surface area contributed by atoms with Crippen molar-refractivity contribution in [2.45, 2.75) is 44.6 Å². The number of ether oxygens (including phenoxy) is 2. The minimum Gasteiger partial charge on any atom is -0.460 e. The molecule has 0 saturated heterocycles. The predicted molar refractivity (Wildman–Crippen MR) is 79.4 cm³/mol. The molecule has 0 N–H and O–H groups in total. The first kappa shape index (κ1) is 15.7. The summed E-state index contributed by atoms with van der Waals surface area (Å²) in [5.41, 5.74) is 1.62. The SMILES string of the molecule is CCOC(=O)C(=O)c1ccc(C2CCC(OC)CC2)cc1. The van der Waals surface area contributed by atoms with Gasteiger partial charge in [-0.1, -0.05) is 24.3 Å². The molecule has 0 aromatic heterocycles. The lowest BCUT2D eigenvalue weighted by atomic mass is 9.82. The Kier molecular flexibility index (Phi) is 5.51. The van der Waals surface area contributed by atoms with Gasteiger partial charge in [-0.3, -0.25) is 4.79 Å². The molecular weight excluding hydrogens is 268 g/mol. The molecule has 0 radical (unpaired) electrons. The van der Waals surface area contributed by atoms with Crippen LogP contribution in [0.3, 0.4) is 0 Å². The summed E-state index contributed by atoms with van der Waals surface area (Å²) >= 11 is 0. The van der Waals surface area contributed by atoms with Gasteiger partial charge in [-0.25, -0.2) is 4.79 Å². The fourth-order valence-corrected chi connectivity index (χ4v) is 2.85. The van der Waals surface area contributed by atoms with E-state index in [0.29, 0.717) is 17.6 Å². The third-order valence-electron chi connectivity index (χ3n) is 4.11. The highest BCUT2D eigenvalue weighted by atomic mass is 16.5. The van der Waals surface area contributed by atoms with Gasteiger partial charge in [0.15, 0.2) is 0 Å². The number of ketones is 1. The van der Waals surface area contributed by atoms with Crippen molar-refractivity contribution in [3.8, 4) is 0 Å². The van der Waals surface area contributed by atoms with Gasteiger partial charge in [-0.2, -0.15) is 0 Å². The van der Waals surface area contributed by atoms with Crippen molar-refractivity contribution in [1.29, 1.82) is 0 Å². The van der Waals surface area contributed by atoms with Gasteiger partial charge in [0.1, 0.15) is 0 Å². The lowest BCUT2D eigenvalue weighted by Crippen LogP contribution is -2.19. The fourth-order valence-electron chi connectivity index (χ4n) is 2.85. The number of Topliss-reactive ketones (excluding diaryl/α,β-unsaturated/α-hetero) is 1. The number of rotatable bonds is 5. The Morgan fingerprint density at radius 2 is 1.71 bits per heavy atom. The first-order valence-electron chi connectivity index (χ1n) is 7.50. The molecule has 2 rings (SSSR count). The van der Waals surface area contributed by atoms with E-state index >= 15 is 0 Å². The zero-order valence-corrected chi connectivity index (χ0v) is 12.6. The summed E-state index contributed by atoms with van der Waals surface area (Å²) in [6.45, 7) is 1.90. The molecule has 0 bridgehead atoms. The van der Waals surface area contributed by atoms with E-state index in [1.165, 1.54) is 5.56 Å². The highest BCUT2D eigenvalue weighted by molar-refractivity contribution is 6.40. The highest BCUT2D eigenvalue weighted by Crippen LogP contribution is 2.33. The highest BCUT2D eigenvalue weighted by Gasteiger charge is 2.23. The maximum Gasteiger partial charge on any atom is 0.379 e. The molecule has 4 heteroatoms. The molecule has 0 atom stereocenters. The zero-order valence-electron chi connectivity index (χ0n) is 12.6. The minimum absolute atomic E-state index is 0.214. The van der Waals surface area contributed by atoms with Gasteiger partial charge >= 0.3 is 5.97 Å². The largest absolute Gasteiger partial charge is 0.460 e. The van der Waals surface area contributed by atoms with Crippen LogP contribution in [-0.4, -0.2) is 31.6 Å². The normalized spacial score (nSPS) is 21.8. The molecule has 4 nitrogen and oxygen atoms in total. The van der Waals surface area contributed by atoms with Crippen molar-refractivity contribution in [2.75, 3.05) is 13.7 Å². The van der Waals surface area contributed by atoms with E-state index in [0.717, 1.165) is 25.7 Å². The van der Waals surface area contributed by atoms with Crippen LogP contribution in [0.5, 0.6) is 0 Å². The Morgan fingerprint density at radius 3 is 2.24 bits per heavy atom. The third-order valence-corrected chi connectivity index (χ3v) is 4.11. The summed E-state index contributed by atoms with van der Waals surface area (Å²) in [5.74, 6) is -0.847. The van der Waals surface area contributed by atoms with Crippen LogP contribution in [-0.2, 0) is 14.3 Å². The second-order valence-electron chi connectivity index (χ2n) is 5.38. The number of hydrogen-bond acceptors (Lipinski definition) is 4. The van der Waals surface area contributed by atoms with E-state index in [-0.39, 0.29) is 6.61 Å². The maximum absolute atomic E-state index is 11.8. The maximum atomic E-state index is 11.8. The van der Waals surface area contributed by atoms with Gasteiger partial charge in [-0.15, -0.1) is 0 Å². The number of carbonyl (C=O) groups is 2. The molecule has 1 aliphatic carbocycles. The topological polar surface area (TPSA) is 52.6 Å². The number of esters is 1. The molecule has 1 fully saturated rings. The summed E-state index contributed by atoms with van der Waals surface area (Å²) < 4.78 is 10.1. The Balaban J connectivity index is 1.99. The molecule has 21 heavy (non-hydrogen) atoms. The average molecular weight is 290 g/mol. The van der Waals surface area contributed by atoms with Crippen LogP contribution >= 0.6 is 0 Å².